The van der Waals surface area contributed by atoms with E-state index in [0.29, 0.717) is 0 Å². The maximum atomic E-state index is 12.2. The molecule has 0 unspecified atom stereocenters. The molecule has 1 aliphatic rings. The van der Waals surface area contributed by atoms with Crippen LogP contribution >= 0.6 is 0 Å². The van der Waals surface area contributed by atoms with E-state index in [-0.39, 0.29) is 25.6 Å². The molecule has 0 bridgehead atoms. The lowest BCUT2D eigenvalue weighted by atomic mass is 10.4. The van der Waals surface area contributed by atoms with Gasteiger partial charge in [0.25, 0.3) is 0 Å². The van der Waals surface area contributed by atoms with Crippen LogP contribution in [0.25, 0.3) is 0 Å². The fourth-order valence-electron chi connectivity index (χ4n) is 2.26. The number of carbonyl (C=O) groups excluding carboxylic acids is 3. The fraction of sp³-hybridized carbons (Fsp3) is 0.467. The van der Waals surface area contributed by atoms with Gasteiger partial charge in [0.15, 0.2) is 12.0 Å². The maximum Gasteiger partial charge on any atom is 0.419 e. The lowest BCUT2D eigenvalue weighted by molar-refractivity contribution is 0.0668. The Balaban J connectivity index is 2.40. The van der Waals surface area contributed by atoms with Gasteiger partial charge in [-0.1, -0.05) is 0 Å². The Labute approximate surface area is 144 Å². The van der Waals surface area contributed by atoms with Crippen molar-refractivity contribution in [3.8, 4) is 0 Å². The van der Waals surface area contributed by atoms with Gasteiger partial charge in [-0.15, -0.1) is 0 Å². The summed E-state index contributed by atoms with van der Waals surface area (Å²) < 4.78 is 16.1. The van der Waals surface area contributed by atoms with Gasteiger partial charge in [0.1, 0.15) is 0 Å². The Hall–Kier alpha value is -3.04. The van der Waals surface area contributed by atoms with Crippen molar-refractivity contribution in [3.63, 3.8) is 0 Å². The van der Waals surface area contributed by atoms with Crippen LogP contribution < -0.4 is 0 Å². The van der Waals surface area contributed by atoms with Crippen LogP contribution in [0.1, 0.15) is 32.8 Å². The molecule has 0 aromatic carbocycles. The zero-order valence-electron chi connectivity index (χ0n) is 14.2. The van der Waals surface area contributed by atoms with E-state index < -0.39 is 24.4 Å². The molecule has 10 heteroatoms. The van der Waals surface area contributed by atoms with E-state index >= 15 is 0 Å². The monoisotopic (exact) mass is 352 g/mol. The molecule has 1 aromatic rings. The number of amides is 2. The second-order valence-corrected chi connectivity index (χ2v) is 4.74. The van der Waals surface area contributed by atoms with E-state index in [2.05, 4.69) is 4.98 Å². The Morgan fingerprint density at radius 1 is 0.920 bits per heavy atom. The summed E-state index contributed by atoms with van der Waals surface area (Å²) in [6.45, 7) is 5.47. The van der Waals surface area contributed by atoms with E-state index in [0.717, 1.165) is 14.4 Å². The number of hydrogen-bond donors (Lipinski definition) is 0. The van der Waals surface area contributed by atoms with Crippen LogP contribution in [0.15, 0.2) is 24.8 Å². The number of imidazole rings is 1. The summed E-state index contributed by atoms with van der Waals surface area (Å²) in [6.07, 6.45) is 2.42. The summed E-state index contributed by atoms with van der Waals surface area (Å²) in [4.78, 5) is 42.9. The lowest BCUT2D eigenvalue weighted by Gasteiger charge is -2.28. The van der Waals surface area contributed by atoms with Crippen LogP contribution in [0.3, 0.4) is 0 Å². The molecule has 10 nitrogen and oxygen atoms in total. The lowest BCUT2D eigenvalue weighted by Crippen LogP contribution is -2.40. The quantitative estimate of drug-likeness (QED) is 0.766. The zero-order valence-corrected chi connectivity index (χ0v) is 14.2. The minimum Gasteiger partial charge on any atom is -0.449 e. The molecule has 136 valence electrons. The first-order valence-electron chi connectivity index (χ1n) is 7.83. The molecular formula is C15H20N4O6. The molecule has 0 radical (unpaired) electrons. The van der Waals surface area contributed by atoms with Crippen molar-refractivity contribution in [1.29, 1.82) is 0 Å². The molecule has 0 atom stereocenters. The number of nitrogens with zero attached hydrogens (tertiary/aromatic N) is 4. The van der Waals surface area contributed by atoms with Crippen molar-refractivity contribution in [2.75, 3.05) is 19.8 Å². The largest absolute Gasteiger partial charge is 0.449 e. The Kier molecular flexibility index (Phi) is 5.98. The average Bonchev–Trinajstić information content (AvgIpc) is 3.22. The van der Waals surface area contributed by atoms with Gasteiger partial charge in [0.05, 0.1) is 19.8 Å². The molecule has 2 amide bonds. The number of ether oxygens (including phenoxy) is 3. The first kappa shape index (κ1) is 18.3. The van der Waals surface area contributed by atoms with Crippen molar-refractivity contribution in [1.82, 2.24) is 19.4 Å². The SMILES string of the molecule is CCOC(=O)N1C=CN(C(=O)OCC)C1c1nccn1C(=O)OCC. The summed E-state index contributed by atoms with van der Waals surface area (Å²) >= 11 is 0. The Morgan fingerprint density at radius 2 is 1.40 bits per heavy atom. The van der Waals surface area contributed by atoms with E-state index in [9.17, 15) is 14.4 Å². The second-order valence-electron chi connectivity index (χ2n) is 4.74. The van der Waals surface area contributed by atoms with Crippen LogP contribution in [-0.4, -0.2) is 57.5 Å². The van der Waals surface area contributed by atoms with E-state index in [1.165, 1.54) is 24.8 Å². The minimum absolute atomic E-state index is 0.115. The third-order valence-corrected chi connectivity index (χ3v) is 3.24. The van der Waals surface area contributed by atoms with Gasteiger partial charge in [-0.3, -0.25) is 9.80 Å². The van der Waals surface area contributed by atoms with Crippen LogP contribution in [0, 0.1) is 0 Å². The molecule has 2 rings (SSSR count). The van der Waals surface area contributed by atoms with Crippen LogP contribution in [-0.2, 0) is 14.2 Å². The van der Waals surface area contributed by atoms with Crippen molar-refractivity contribution < 1.29 is 28.6 Å². The van der Waals surface area contributed by atoms with Gasteiger partial charge in [-0.2, -0.15) is 0 Å². The standard InChI is InChI=1S/C15H20N4O6/c1-4-23-13(20)17-8-7-16-11(17)12-18(14(21)24-5-2)9-10-19(12)15(22)25-6-3/h7-10,12H,4-6H2,1-3H3. The summed E-state index contributed by atoms with van der Waals surface area (Å²) in [7, 11) is 0. The van der Waals surface area contributed by atoms with Gasteiger partial charge in [-0.25, -0.2) is 23.9 Å². The number of hydrogen-bond acceptors (Lipinski definition) is 7. The molecule has 0 aliphatic carbocycles. The van der Waals surface area contributed by atoms with Gasteiger partial charge in [0.2, 0.25) is 0 Å². The molecule has 0 saturated carbocycles. The zero-order chi connectivity index (χ0) is 18.4. The topological polar surface area (TPSA) is 103 Å². The molecule has 0 fully saturated rings. The highest BCUT2D eigenvalue weighted by molar-refractivity contribution is 5.76. The third-order valence-electron chi connectivity index (χ3n) is 3.24. The minimum atomic E-state index is -1.03. The summed E-state index contributed by atoms with van der Waals surface area (Å²) in [6, 6.07) is 0. The Bertz CT molecular complexity index is 643. The normalized spacial score (nSPS) is 13.9. The molecule has 0 N–H and O–H groups in total. The number of aromatic nitrogens is 2. The smallest absolute Gasteiger partial charge is 0.419 e. The van der Waals surface area contributed by atoms with Crippen LogP contribution in [0.2, 0.25) is 0 Å². The summed E-state index contributed by atoms with van der Waals surface area (Å²) in [5.74, 6) is 0.115. The molecule has 1 aliphatic heterocycles. The Morgan fingerprint density at radius 3 is 1.88 bits per heavy atom. The van der Waals surface area contributed by atoms with Crippen molar-refractivity contribution in [2.24, 2.45) is 0 Å². The van der Waals surface area contributed by atoms with Crippen molar-refractivity contribution >= 4 is 18.3 Å². The van der Waals surface area contributed by atoms with E-state index in [4.69, 9.17) is 14.2 Å². The summed E-state index contributed by atoms with van der Waals surface area (Å²) in [5.41, 5.74) is 0. The molecule has 0 spiro atoms. The van der Waals surface area contributed by atoms with Gasteiger partial charge in [-0.05, 0) is 20.8 Å². The highest BCUT2D eigenvalue weighted by Gasteiger charge is 2.40. The van der Waals surface area contributed by atoms with Crippen LogP contribution in [0.5, 0.6) is 0 Å². The first-order valence-corrected chi connectivity index (χ1v) is 7.83. The maximum absolute atomic E-state index is 12.2. The summed E-state index contributed by atoms with van der Waals surface area (Å²) in [5, 5.41) is 0. The highest BCUT2D eigenvalue weighted by Crippen LogP contribution is 2.31. The predicted octanol–water partition coefficient (Wildman–Crippen LogP) is 2.29. The fourth-order valence-corrected chi connectivity index (χ4v) is 2.26. The molecule has 25 heavy (non-hydrogen) atoms. The number of carbonyl (C=O) groups is 3. The van der Waals surface area contributed by atoms with Crippen molar-refractivity contribution in [3.05, 3.63) is 30.6 Å². The molecule has 0 saturated heterocycles. The van der Waals surface area contributed by atoms with Gasteiger partial charge < -0.3 is 14.2 Å². The predicted molar refractivity (Wildman–Crippen MR) is 84.3 cm³/mol. The van der Waals surface area contributed by atoms with E-state index in [1.807, 2.05) is 0 Å². The first-order chi connectivity index (χ1) is 12.0. The highest BCUT2D eigenvalue weighted by atomic mass is 16.6. The average molecular weight is 352 g/mol. The molecular weight excluding hydrogens is 332 g/mol. The number of rotatable bonds is 4. The molecule has 2 heterocycles. The second kappa shape index (κ2) is 8.18. The van der Waals surface area contributed by atoms with Gasteiger partial charge >= 0.3 is 18.3 Å². The third kappa shape index (κ3) is 3.73. The van der Waals surface area contributed by atoms with Crippen molar-refractivity contribution in [2.45, 2.75) is 26.9 Å². The van der Waals surface area contributed by atoms with E-state index in [1.54, 1.807) is 20.8 Å². The van der Waals surface area contributed by atoms with Crippen LogP contribution in [0.4, 0.5) is 14.4 Å². The van der Waals surface area contributed by atoms with Gasteiger partial charge in [0, 0.05) is 24.8 Å². The molecule has 1 aromatic heterocycles.